The van der Waals surface area contributed by atoms with Crippen molar-refractivity contribution in [1.29, 1.82) is 0 Å². The predicted molar refractivity (Wildman–Crippen MR) is 99.2 cm³/mol. The molecule has 0 amide bonds. The fourth-order valence-corrected chi connectivity index (χ4v) is 3.13. The summed E-state index contributed by atoms with van der Waals surface area (Å²) < 4.78 is 170. The van der Waals surface area contributed by atoms with Crippen molar-refractivity contribution in [3.63, 3.8) is 0 Å². The van der Waals surface area contributed by atoms with Gasteiger partial charge < -0.3 is 24.0 Å². The fraction of sp³-hybridized carbons (Fsp3) is 0.850. The molecule has 0 unspecified atom stereocenters. The Labute approximate surface area is 217 Å². The molecule has 0 saturated heterocycles. The van der Waals surface area contributed by atoms with Crippen LogP contribution < -0.4 is 24.0 Å². The Morgan fingerprint density at radius 3 is 1.44 bits per heavy atom. The van der Waals surface area contributed by atoms with Crippen LogP contribution in [0.3, 0.4) is 0 Å². The minimum absolute atomic E-state index is 0. The summed E-state index contributed by atoms with van der Waals surface area (Å²) in [5.74, 6) is -36.6. The van der Waals surface area contributed by atoms with Gasteiger partial charge in [0.15, 0.2) is 0 Å². The van der Waals surface area contributed by atoms with E-state index >= 15 is 0 Å². The number of alkyl halides is 13. The van der Waals surface area contributed by atoms with Gasteiger partial charge in [-0.15, -0.1) is 9.80 Å². The molecule has 0 atom stereocenters. The first kappa shape index (κ1) is 35.0. The van der Waals surface area contributed by atoms with E-state index in [1.54, 1.807) is 0 Å². The average Bonchev–Trinajstić information content (AvgIpc) is 3.16. The molecule has 36 heavy (non-hydrogen) atoms. The van der Waals surface area contributed by atoms with Gasteiger partial charge in [0, 0.05) is 6.42 Å². The number of halogens is 14. The maximum absolute atomic E-state index is 13.8. The van der Waals surface area contributed by atoms with Crippen LogP contribution in [-0.4, -0.2) is 58.7 Å². The van der Waals surface area contributed by atoms with Crippen molar-refractivity contribution in [2.75, 3.05) is 13.1 Å². The van der Waals surface area contributed by atoms with Gasteiger partial charge in [-0.2, -0.15) is 57.1 Å². The number of unbranched alkanes of at least 4 members (excludes halogenated alkanes) is 5. The van der Waals surface area contributed by atoms with Crippen molar-refractivity contribution in [2.24, 2.45) is 0 Å². The van der Waals surface area contributed by atoms with Crippen molar-refractivity contribution in [3.05, 3.63) is 19.1 Å². The Morgan fingerprint density at radius 2 is 0.972 bits per heavy atom. The van der Waals surface area contributed by atoms with Gasteiger partial charge in [0.2, 0.25) is 0 Å². The van der Waals surface area contributed by atoms with E-state index in [9.17, 15) is 57.1 Å². The van der Waals surface area contributed by atoms with Crippen LogP contribution in [0, 0.1) is 6.67 Å². The SMILES string of the molecule is CCCCCCCCN1[C+]N(CCCC(F)(F)C(F)(F)C(F)(F)C(F)(F)C(F)(F)C(F)(F)F)C=C1.[I-]. The highest BCUT2D eigenvalue weighted by atomic mass is 127. The summed E-state index contributed by atoms with van der Waals surface area (Å²) in [4.78, 5) is 2.61. The third-order valence-corrected chi connectivity index (χ3v) is 5.32. The number of rotatable bonds is 15. The number of hydrogen-bond acceptors (Lipinski definition) is 2. The monoisotopic (exact) mass is 667 g/mol. The van der Waals surface area contributed by atoms with Crippen LogP contribution in [0.15, 0.2) is 12.4 Å². The topological polar surface area (TPSA) is 6.48 Å². The maximum Gasteiger partial charge on any atom is 0.564 e. The van der Waals surface area contributed by atoms with Crippen LogP contribution in [0.25, 0.3) is 0 Å². The summed E-state index contributed by atoms with van der Waals surface area (Å²) in [7, 11) is 0. The molecule has 1 radical (unpaired) electrons. The summed E-state index contributed by atoms with van der Waals surface area (Å²) >= 11 is 0. The van der Waals surface area contributed by atoms with E-state index in [2.05, 4.69) is 13.6 Å². The third kappa shape index (κ3) is 7.32. The molecule has 0 saturated carbocycles. The van der Waals surface area contributed by atoms with Gasteiger partial charge in [-0.25, -0.2) is 0 Å². The molecule has 0 aliphatic carbocycles. The molecule has 0 aromatic carbocycles. The predicted octanol–water partition coefficient (Wildman–Crippen LogP) is 4.95. The zero-order valence-electron chi connectivity index (χ0n) is 18.9. The van der Waals surface area contributed by atoms with Crippen molar-refractivity contribution in [1.82, 2.24) is 9.80 Å². The maximum atomic E-state index is 13.8. The van der Waals surface area contributed by atoms with E-state index in [4.69, 9.17) is 0 Å². The summed E-state index contributed by atoms with van der Waals surface area (Å²) in [6.07, 6.45) is -2.00. The average molecular weight is 667 g/mol. The largest absolute Gasteiger partial charge is 1.00 e. The molecule has 2 nitrogen and oxygen atoms in total. The molecule has 213 valence electrons. The molecule has 16 heteroatoms. The first-order valence-corrected chi connectivity index (χ1v) is 10.7. The highest BCUT2D eigenvalue weighted by Crippen LogP contribution is 2.60. The molecule has 0 spiro atoms. The Bertz CT molecular complexity index is 696. The van der Waals surface area contributed by atoms with Gasteiger partial charge in [-0.05, 0) is 12.8 Å². The van der Waals surface area contributed by atoms with Crippen LogP contribution >= 0.6 is 0 Å². The highest BCUT2D eigenvalue weighted by Gasteiger charge is 2.90. The van der Waals surface area contributed by atoms with E-state index in [0.29, 0.717) is 6.54 Å². The van der Waals surface area contributed by atoms with Crippen LogP contribution in [0.1, 0.15) is 58.3 Å². The molecule has 0 aromatic heterocycles. The van der Waals surface area contributed by atoms with Gasteiger partial charge >= 0.3 is 42.5 Å². The van der Waals surface area contributed by atoms with E-state index in [-0.39, 0.29) is 24.0 Å². The van der Waals surface area contributed by atoms with E-state index < -0.39 is 55.2 Å². The molecule has 1 rings (SSSR count). The summed E-state index contributed by atoms with van der Waals surface area (Å²) in [5, 5.41) is 0. The quantitative estimate of drug-likeness (QED) is 0.106. The minimum Gasteiger partial charge on any atom is -1.00 e. The van der Waals surface area contributed by atoms with Crippen LogP contribution in [-0.2, 0) is 0 Å². The van der Waals surface area contributed by atoms with Gasteiger partial charge in [0.05, 0.1) is 25.5 Å². The van der Waals surface area contributed by atoms with Gasteiger partial charge in [-0.3, -0.25) is 0 Å². The zero-order chi connectivity index (χ0) is 27.3. The molecule has 0 aromatic rings. The van der Waals surface area contributed by atoms with Crippen molar-refractivity contribution in [3.8, 4) is 0 Å². The molecule has 0 N–H and O–H groups in total. The lowest BCUT2D eigenvalue weighted by molar-refractivity contribution is -0.440. The Balaban J connectivity index is 0.0000122. The van der Waals surface area contributed by atoms with Crippen molar-refractivity contribution < 1.29 is 81.1 Å². The second kappa shape index (κ2) is 12.7. The van der Waals surface area contributed by atoms with Crippen LogP contribution in [0.2, 0.25) is 0 Å². The first-order valence-electron chi connectivity index (χ1n) is 10.7. The number of hydrogen-bond donors (Lipinski definition) is 0. The molecular weight excluding hydrogens is 642 g/mol. The molecule has 0 fully saturated rings. The normalized spacial score (nSPS) is 15.8. The lowest BCUT2D eigenvalue weighted by Gasteiger charge is -2.39. The van der Waals surface area contributed by atoms with E-state index in [0.717, 1.165) is 43.4 Å². The molecule has 0 bridgehead atoms. The standard InChI is InChI=1S/C20H25F13N2.HI/c1-2-3-4-5-6-7-10-34-12-13-35(14-34)11-8-9-15(21,22)16(23,24)17(25,26)18(27,28)19(29,30)20(31,32)33;/h12-13H,2-11H2,1H3;1H/q+1;/p-1. The summed E-state index contributed by atoms with van der Waals surface area (Å²) in [5.41, 5.74) is 0. The molecule has 1 heterocycles. The Morgan fingerprint density at radius 1 is 0.556 bits per heavy atom. The second-order valence-electron chi connectivity index (χ2n) is 8.16. The van der Waals surface area contributed by atoms with Crippen LogP contribution in [0.5, 0.6) is 0 Å². The lowest BCUT2D eigenvalue weighted by Crippen LogP contribution is -3.00. The summed E-state index contributed by atoms with van der Waals surface area (Å²) in [6.45, 7) is 4.66. The Kier molecular flexibility index (Phi) is 12.4. The molecule has 1 aliphatic rings. The Hall–Kier alpha value is -0.970. The second-order valence-corrected chi connectivity index (χ2v) is 8.16. The fourth-order valence-electron chi connectivity index (χ4n) is 3.13. The highest BCUT2D eigenvalue weighted by molar-refractivity contribution is 5.10. The lowest BCUT2D eigenvalue weighted by atomic mass is 9.92. The molecule has 1 aliphatic heterocycles. The molecular formula is C20H25F13IN2. The van der Waals surface area contributed by atoms with E-state index in [1.165, 1.54) is 17.3 Å². The van der Waals surface area contributed by atoms with Gasteiger partial charge in [0.25, 0.3) is 0 Å². The van der Waals surface area contributed by atoms with E-state index in [1.807, 2.05) is 0 Å². The van der Waals surface area contributed by atoms with Crippen molar-refractivity contribution >= 4 is 0 Å². The minimum atomic E-state index is -7.86. The van der Waals surface area contributed by atoms with Gasteiger partial charge in [0.1, 0.15) is 0 Å². The third-order valence-electron chi connectivity index (χ3n) is 5.32. The van der Waals surface area contributed by atoms with Crippen molar-refractivity contribution in [2.45, 2.75) is 94.1 Å². The first-order chi connectivity index (χ1) is 15.8. The van der Waals surface area contributed by atoms with Gasteiger partial charge in [-0.1, -0.05) is 39.0 Å². The van der Waals surface area contributed by atoms with Crippen LogP contribution in [0.4, 0.5) is 57.1 Å². The number of nitrogens with zero attached hydrogens (tertiary/aromatic N) is 2. The zero-order valence-corrected chi connectivity index (χ0v) is 21.1. The smallest absolute Gasteiger partial charge is 0.564 e. The summed E-state index contributed by atoms with van der Waals surface area (Å²) in [6, 6.07) is 0.